The number of thiophene rings is 1. The highest BCUT2D eigenvalue weighted by atomic mass is 35.5. The Morgan fingerprint density at radius 3 is 2.89 bits per heavy atom. The van der Waals surface area contributed by atoms with Crippen LogP contribution in [-0.2, 0) is 13.1 Å². The molecule has 0 spiro atoms. The lowest BCUT2D eigenvalue weighted by Crippen LogP contribution is -2.23. The van der Waals surface area contributed by atoms with Gasteiger partial charge in [-0.25, -0.2) is 4.68 Å². The van der Waals surface area contributed by atoms with Crippen LogP contribution in [0.3, 0.4) is 0 Å². The molecular formula is C12H14ClN3OS. The largest absolute Gasteiger partial charge is 0.378 e. The molecule has 6 heteroatoms. The smallest absolute Gasteiger partial charge is 0.287 e. The molecule has 2 rings (SSSR count). The minimum Gasteiger partial charge on any atom is -0.378 e. The third-order valence-corrected chi connectivity index (χ3v) is 3.99. The predicted molar refractivity (Wildman–Crippen MR) is 75.6 cm³/mol. The Kier molecular flexibility index (Phi) is 4.04. The molecule has 0 aliphatic carbocycles. The van der Waals surface area contributed by atoms with E-state index in [-0.39, 0.29) is 10.6 Å². The van der Waals surface area contributed by atoms with E-state index in [1.807, 2.05) is 6.92 Å². The van der Waals surface area contributed by atoms with Crippen molar-refractivity contribution in [3.8, 4) is 0 Å². The Bertz CT molecular complexity index is 606. The minimum atomic E-state index is -0.258. The molecule has 0 fully saturated rings. The first-order valence-corrected chi connectivity index (χ1v) is 6.96. The topological polar surface area (TPSA) is 46.9 Å². The Morgan fingerprint density at radius 2 is 2.28 bits per heavy atom. The van der Waals surface area contributed by atoms with Crippen LogP contribution in [-0.4, -0.2) is 9.78 Å². The van der Waals surface area contributed by atoms with E-state index in [1.54, 1.807) is 17.5 Å². The summed E-state index contributed by atoms with van der Waals surface area (Å²) >= 11 is 7.68. The van der Waals surface area contributed by atoms with Crippen molar-refractivity contribution in [1.29, 1.82) is 0 Å². The summed E-state index contributed by atoms with van der Waals surface area (Å²) in [6.45, 7) is 5.07. The van der Waals surface area contributed by atoms with Gasteiger partial charge in [-0.2, -0.15) is 16.4 Å². The second-order valence-electron chi connectivity index (χ2n) is 3.93. The van der Waals surface area contributed by atoms with Crippen molar-refractivity contribution < 1.29 is 0 Å². The first kappa shape index (κ1) is 13.1. The third-order valence-electron chi connectivity index (χ3n) is 2.72. The molecule has 0 saturated heterocycles. The van der Waals surface area contributed by atoms with Gasteiger partial charge in [-0.3, -0.25) is 4.79 Å². The molecule has 96 valence electrons. The van der Waals surface area contributed by atoms with Crippen molar-refractivity contribution in [2.24, 2.45) is 0 Å². The fourth-order valence-electron chi connectivity index (χ4n) is 1.57. The standard InChI is InChI=1S/C12H14ClN3OS/c1-3-16-12(17)11(13)10(5-15-16)14-4-9-7-18-6-8(9)2/h5-7,14H,3-4H2,1-2H3. The van der Waals surface area contributed by atoms with E-state index in [0.29, 0.717) is 18.8 Å². The highest BCUT2D eigenvalue weighted by Gasteiger charge is 2.08. The van der Waals surface area contributed by atoms with Crippen molar-refractivity contribution >= 4 is 28.6 Å². The number of aryl methyl sites for hydroxylation is 2. The zero-order valence-electron chi connectivity index (χ0n) is 10.2. The Morgan fingerprint density at radius 1 is 1.50 bits per heavy atom. The molecule has 2 aromatic rings. The van der Waals surface area contributed by atoms with Crippen LogP contribution in [0.1, 0.15) is 18.1 Å². The van der Waals surface area contributed by atoms with Crippen LogP contribution in [0.4, 0.5) is 5.69 Å². The van der Waals surface area contributed by atoms with Gasteiger partial charge < -0.3 is 5.32 Å². The number of nitrogens with zero attached hydrogens (tertiary/aromatic N) is 2. The molecule has 18 heavy (non-hydrogen) atoms. The second kappa shape index (κ2) is 5.54. The SMILES string of the molecule is CCn1ncc(NCc2cscc2C)c(Cl)c1=O. The number of hydrogen-bond donors (Lipinski definition) is 1. The van der Waals surface area contributed by atoms with Crippen molar-refractivity contribution in [3.05, 3.63) is 43.5 Å². The normalized spacial score (nSPS) is 10.6. The van der Waals surface area contributed by atoms with Gasteiger partial charge in [0, 0.05) is 13.1 Å². The van der Waals surface area contributed by atoms with Crippen molar-refractivity contribution in [2.75, 3.05) is 5.32 Å². The lowest BCUT2D eigenvalue weighted by Gasteiger charge is -2.09. The van der Waals surface area contributed by atoms with Gasteiger partial charge in [0.05, 0.1) is 11.9 Å². The molecule has 0 bridgehead atoms. The number of rotatable bonds is 4. The molecule has 0 radical (unpaired) electrons. The van der Waals surface area contributed by atoms with E-state index in [1.165, 1.54) is 15.8 Å². The summed E-state index contributed by atoms with van der Waals surface area (Å²) in [5.74, 6) is 0. The lowest BCUT2D eigenvalue weighted by molar-refractivity contribution is 0.616. The Balaban J connectivity index is 2.18. The van der Waals surface area contributed by atoms with E-state index < -0.39 is 0 Å². The number of nitrogens with one attached hydrogen (secondary N) is 1. The summed E-state index contributed by atoms with van der Waals surface area (Å²) in [6, 6.07) is 0. The number of anilines is 1. The average molecular weight is 284 g/mol. The fourth-order valence-corrected chi connectivity index (χ4v) is 2.64. The van der Waals surface area contributed by atoms with Gasteiger partial charge >= 0.3 is 0 Å². The highest BCUT2D eigenvalue weighted by molar-refractivity contribution is 7.08. The van der Waals surface area contributed by atoms with Crippen LogP contribution in [0.5, 0.6) is 0 Å². The van der Waals surface area contributed by atoms with Crippen molar-refractivity contribution in [3.63, 3.8) is 0 Å². The molecule has 0 aliphatic heterocycles. The quantitative estimate of drug-likeness (QED) is 0.938. The van der Waals surface area contributed by atoms with Crippen molar-refractivity contribution in [1.82, 2.24) is 9.78 Å². The van der Waals surface area contributed by atoms with Gasteiger partial charge in [0.1, 0.15) is 5.02 Å². The summed E-state index contributed by atoms with van der Waals surface area (Å²) in [5.41, 5.74) is 2.76. The number of halogens is 1. The monoisotopic (exact) mass is 283 g/mol. The van der Waals surface area contributed by atoms with E-state index in [9.17, 15) is 4.79 Å². The van der Waals surface area contributed by atoms with Gasteiger partial charge in [0.25, 0.3) is 5.56 Å². The van der Waals surface area contributed by atoms with Crippen LogP contribution in [0.15, 0.2) is 21.8 Å². The van der Waals surface area contributed by atoms with Crippen LogP contribution >= 0.6 is 22.9 Å². The third kappa shape index (κ3) is 2.57. The van der Waals surface area contributed by atoms with Crippen molar-refractivity contribution in [2.45, 2.75) is 26.9 Å². The molecule has 0 saturated carbocycles. The zero-order chi connectivity index (χ0) is 13.1. The molecule has 0 atom stereocenters. The van der Waals surface area contributed by atoms with Gasteiger partial charge in [-0.15, -0.1) is 0 Å². The summed E-state index contributed by atoms with van der Waals surface area (Å²) in [7, 11) is 0. The average Bonchev–Trinajstić information content (AvgIpc) is 2.77. The van der Waals surface area contributed by atoms with E-state index >= 15 is 0 Å². The molecule has 1 N–H and O–H groups in total. The Labute approximate surface area is 114 Å². The molecule has 0 amide bonds. The molecule has 0 unspecified atom stereocenters. The van der Waals surface area contributed by atoms with E-state index in [4.69, 9.17) is 11.6 Å². The molecular weight excluding hydrogens is 270 g/mol. The van der Waals surface area contributed by atoms with Crippen LogP contribution in [0.2, 0.25) is 5.02 Å². The maximum absolute atomic E-state index is 11.8. The number of hydrogen-bond acceptors (Lipinski definition) is 4. The minimum absolute atomic E-state index is 0.194. The summed E-state index contributed by atoms with van der Waals surface area (Å²) in [4.78, 5) is 11.8. The number of aromatic nitrogens is 2. The maximum atomic E-state index is 11.8. The fraction of sp³-hybridized carbons (Fsp3) is 0.333. The molecule has 2 heterocycles. The van der Waals surface area contributed by atoms with E-state index in [2.05, 4.69) is 28.1 Å². The van der Waals surface area contributed by atoms with E-state index in [0.717, 1.165) is 0 Å². The van der Waals surface area contributed by atoms with Gasteiger partial charge in [0.15, 0.2) is 0 Å². The summed E-state index contributed by atoms with van der Waals surface area (Å²) in [6.07, 6.45) is 1.59. The molecule has 0 aliphatic rings. The molecule has 2 aromatic heterocycles. The predicted octanol–water partition coefficient (Wildman–Crippen LogP) is 2.90. The molecule has 4 nitrogen and oxygen atoms in total. The summed E-state index contributed by atoms with van der Waals surface area (Å²) in [5, 5.41) is 11.6. The van der Waals surface area contributed by atoms with Crippen LogP contribution < -0.4 is 10.9 Å². The maximum Gasteiger partial charge on any atom is 0.287 e. The Hall–Kier alpha value is -1.33. The van der Waals surface area contributed by atoms with Gasteiger partial charge in [-0.1, -0.05) is 11.6 Å². The first-order valence-electron chi connectivity index (χ1n) is 5.64. The highest BCUT2D eigenvalue weighted by Crippen LogP contribution is 2.19. The van der Waals surface area contributed by atoms with Gasteiger partial charge in [-0.05, 0) is 35.7 Å². The first-order chi connectivity index (χ1) is 8.63. The molecule has 0 aromatic carbocycles. The second-order valence-corrected chi connectivity index (χ2v) is 5.05. The van der Waals surface area contributed by atoms with Crippen LogP contribution in [0.25, 0.3) is 0 Å². The zero-order valence-corrected chi connectivity index (χ0v) is 11.8. The van der Waals surface area contributed by atoms with Gasteiger partial charge in [0.2, 0.25) is 0 Å². The lowest BCUT2D eigenvalue weighted by atomic mass is 10.2. The van der Waals surface area contributed by atoms with Crippen LogP contribution in [0, 0.1) is 6.92 Å². The summed E-state index contributed by atoms with van der Waals surface area (Å²) < 4.78 is 1.34.